The Bertz CT molecular complexity index is 295. The first kappa shape index (κ1) is 11.8. The Morgan fingerprint density at radius 2 is 2.00 bits per heavy atom. The van der Waals surface area contributed by atoms with Crippen LogP contribution in [0, 0.1) is 0 Å². The summed E-state index contributed by atoms with van der Waals surface area (Å²) in [5, 5.41) is 0. The SMILES string of the molecule is CCN1CCN(C2(F)C=CC=CC2N)CC1. The van der Waals surface area contributed by atoms with Crippen LogP contribution in [-0.2, 0) is 0 Å². The van der Waals surface area contributed by atoms with E-state index < -0.39 is 11.8 Å². The first-order valence-electron chi connectivity index (χ1n) is 5.94. The highest BCUT2D eigenvalue weighted by Gasteiger charge is 2.41. The molecule has 2 N–H and O–H groups in total. The van der Waals surface area contributed by atoms with E-state index in [0.717, 1.165) is 32.7 Å². The van der Waals surface area contributed by atoms with E-state index >= 15 is 0 Å². The zero-order valence-electron chi connectivity index (χ0n) is 9.77. The van der Waals surface area contributed by atoms with Gasteiger partial charge in [0.2, 0.25) is 5.79 Å². The Labute approximate surface area is 96.4 Å². The lowest BCUT2D eigenvalue weighted by Gasteiger charge is -2.44. The molecule has 3 nitrogen and oxygen atoms in total. The van der Waals surface area contributed by atoms with E-state index in [9.17, 15) is 4.39 Å². The molecule has 0 aromatic heterocycles. The van der Waals surface area contributed by atoms with E-state index in [0.29, 0.717) is 0 Å². The third kappa shape index (κ3) is 2.05. The third-order valence-corrected chi connectivity index (χ3v) is 3.53. The molecule has 1 heterocycles. The highest BCUT2D eigenvalue weighted by atomic mass is 19.1. The largest absolute Gasteiger partial charge is 0.320 e. The molecule has 2 aliphatic rings. The van der Waals surface area contributed by atoms with Gasteiger partial charge in [-0.05, 0) is 12.6 Å². The predicted octanol–water partition coefficient (Wildman–Crippen LogP) is 0.743. The fourth-order valence-corrected chi connectivity index (χ4v) is 2.34. The van der Waals surface area contributed by atoms with Crippen LogP contribution in [0.1, 0.15) is 6.92 Å². The van der Waals surface area contributed by atoms with Gasteiger partial charge in [-0.15, -0.1) is 0 Å². The van der Waals surface area contributed by atoms with Crippen molar-refractivity contribution in [3.05, 3.63) is 24.3 Å². The smallest absolute Gasteiger partial charge is 0.202 e. The van der Waals surface area contributed by atoms with Crippen LogP contribution in [0.2, 0.25) is 0 Å². The molecule has 2 atom stereocenters. The summed E-state index contributed by atoms with van der Waals surface area (Å²) in [7, 11) is 0. The van der Waals surface area contributed by atoms with Crippen LogP contribution in [-0.4, -0.2) is 54.4 Å². The van der Waals surface area contributed by atoms with Crippen molar-refractivity contribution in [2.45, 2.75) is 18.8 Å². The summed E-state index contributed by atoms with van der Waals surface area (Å²) >= 11 is 0. The number of hydrogen-bond acceptors (Lipinski definition) is 3. The van der Waals surface area contributed by atoms with Crippen LogP contribution in [0.25, 0.3) is 0 Å². The van der Waals surface area contributed by atoms with Gasteiger partial charge >= 0.3 is 0 Å². The van der Waals surface area contributed by atoms with Crippen molar-refractivity contribution in [2.75, 3.05) is 32.7 Å². The average Bonchev–Trinajstić information content (AvgIpc) is 2.33. The number of alkyl halides is 1. The lowest BCUT2D eigenvalue weighted by molar-refractivity contribution is -0.0323. The minimum absolute atomic E-state index is 0.550. The summed E-state index contributed by atoms with van der Waals surface area (Å²) < 4.78 is 14.7. The molecule has 16 heavy (non-hydrogen) atoms. The van der Waals surface area contributed by atoms with Gasteiger partial charge in [-0.1, -0.05) is 25.2 Å². The molecular formula is C12H20FN3. The summed E-state index contributed by atoms with van der Waals surface area (Å²) in [5.74, 6) is -1.49. The van der Waals surface area contributed by atoms with Crippen LogP contribution >= 0.6 is 0 Å². The van der Waals surface area contributed by atoms with Crippen LogP contribution < -0.4 is 5.73 Å². The second kappa shape index (κ2) is 4.65. The average molecular weight is 225 g/mol. The fourth-order valence-electron chi connectivity index (χ4n) is 2.34. The van der Waals surface area contributed by atoms with Gasteiger partial charge in [0.15, 0.2) is 0 Å². The summed E-state index contributed by atoms with van der Waals surface area (Å²) in [6.45, 7) is 6.51. The van der Waals surface area contributed by atoms with Gasteiger partial charge in [0, 0.05) is 26.2 Å². The molecule has 1 saturated heterocycles. The minimum atomic E-state index is -1.49. The third-order valence-electron chi connectivity index (χ3n) is 3.53. The highest BCUT2D eigenvalue weighted by molar-refractivity contribution is 5.24. The Balaban J connectivity index is 2.03. The number of rotatable bonds is 2. The van der Waals surface area contributed by atoms with E-state index in [2.05, 4.69) is 11.8 Å². The van der Waals surface area contributed by atoms with Gasteiger partial charge in [-0.25, -0.2) is 4.39 Å². The van der Waals surface area contributed by atoms with Gasteiger partial charge in [0.25, 0.3) is 0 Å². The van der Waals surface area contributed by atoms with Gasteiger partial charge in [-0.3, -0.25) is 4.90 Å². The molecular weight excluding hydrogens is 205 g/mol. The van der Waals surface area contributed by atoms with E-state index in [4.69, 9.17) is 5.73 Å². The maximum Gasteiger partial charge on any atom is 0.202 e. The molecule has 1 aliphatic carbocycles. The maximum absolute atomic E-state index is 14.7. The molecule has 0 radical (unpaired) electrons. The van der Waals surface area contributed by atoms with Gasteiger partial charge in [0.1, 0.15) is 0 Å². The monoisotopic (exact) mass is 225 g/mol. The fraction of sp³-hybridized carbons (Fsp3) is 0.667. The van der Waals surface area contributed by atoms with Crippen LogP contribution in [0.4, 0.5) is 4.39 Å². The standard InChI is InChI=1S/C12H20FN3/c1-2-15-7-9-16(10-8-15)12(13)6-4-3-5-11(12)14/h3-6,11H,2,7-10,14H2,1H3. The minimum Gasteiger partial charge on any atom is -0.320 e. The molecule has 2 unspecified atom stereocenters. The molecule has 0 spiro atoms. The maximum atomic E-state index is 14.7. The van der Waals surface area contributed by atoms with E-state index in [-0.39, 0.29) is 0 Å². The molecule has 1 fully saturated rings. The molecule has 90 valence electrons. The van der Waals surface area contributed by atoms with Crippen molar-refractivity contribution in [3.63, 3.8) is 0 Å². The Morgan fingerprint density at radius 1 is 1.31 bits per heavy atom. The predicted molar refractivity (Wildman–Crippen MR) is 63.8 cm³/mol. The molecule has 0 bridgehead atoms. The zero-order chi connectivity index (χ0) is 11.6. The molecule has 1 aliphatic heterocycles. The Kier molecular flexibility index (Phi) is 3.42. The molecule has 0 aromatic carbocycles. The number of nitrogens with two attached hydrogens (primary N) is 1. The van der Waals surface area contributed by atoms with Gasteiger partial charge in [0.05, 0.1) is 6.04 Å². The lowest BCUT2D eigenvalue weighted by atomic mass is 9.98. The van der Waals surface area contributed by atoms with Crippen molar-refractivity contribution in [1.82, 2.24) is 9.80 Å². The number of likely N-dealkylation sites (N-methyl/N-ethyl adjacent to an activating group) is 1. The highest BCUT2D eigenvalue weighted by Crippen LogP contribution is 2.27. The second-order valence-electron chi connectivity index (χ2n) is 4.42. The van der Waals surface area contributed by atoms with Crippen molar-refractivity contribution < 1.29 is 4.39 Å². The Hall–Kier alpha value is -0.710. The van der Waals surface area contributed by atoms with E-state index in [1.165, 1.54) is 0 Å². The summed E-state index contributed by atoms with van der Waals surface area (Å²) in [6, 6.07) is -0.550. The van der Waals surface area contributed by atoms with Crippen LogP contribution in [0.15, 0.2) is 24.3 Å². The number of halogens is 1. The molecule has 0 saturated carbocycles. The van der Waals surface area contributed by atoms with Crippen LogP contribution in [0.3, 0.4) is 0 Å². The first-order chi connectivity index (χ1) is 7.66. The number of piperazine rings is 1. The van der Waals surface area contributed by atoms with Gasteiger partial charge < -0.3 is 10.6 Å². The van der Waals surface area contributed by atoms with Crippen molar-refractivity contribution in [2.24, 2.45) is 5.73 Å². The number of hydrogen-bond donors (Lipinski definition) is 1. The molecule has 4 heteroatoms. The molecule has 2 rings (SSSR count). The number of allylic oxidation sites excluding steroid dienone is 2. The summed E-state index contributed by atoms with van der Waals surface area (Å²) in [6.07, 6.45) is 6.87. The lowest BCUT2D eigenvalue weighted by Crippen LogP contribution is -2.61. The van der Waals surface area contributed by atoms with Gasteiger partial charge in [-0.2, -0.15) is 0 Å². The first-order valence-corrected chi connectivity index (χ1v) is 5.94. The summed E-state index contributed by atoms with van der Waals surface area (Å²) in [4.78, 5) is 4.18. The van der Waals surface area contributed by atoms with Crippen molar-refractivity contribution in [1.29, 1.82) is 0 Å². The number of nitrogens with zero attached hydrogens (tertiary/aromatic N) is 2. The normalized spacial score (nSPS) is 36.8. The molecule has 0 amide bonds. The van der Waals surface area contributed by atoms with Crippen molar-refractivity contribution in [3.8, 4) is 0 Å². The zero-order valence-corrected chi connectivity index (χ0v) is 9.77. The second-order valence-corrected chi connectivity index (χ2v) is 4.42. The van der Waals surface area contributed by atoms with Crippen molar-refractivity contribution >= 4 is 0 Å². The van der Waals surface area contributed by atoms with E-state index in [1.54, 1.807) is 18.2 Å². The Morgan fingerprint density at radius 3 is 2.56 bits per heavy atom. The topological polar surface area (TPSA) is 32.5 Å². The quantitative estimate of drug-likeness (QED) is 0.704. The molecule has 0 aromatic rings. The summed E-state index contributed by atoms with van der Waals surface area (Å²) in [5.41, 5.74) is 5.84. The van der Waals surface area contributed by atoms with E-state index in [1.807, 2.05) is 11.0 Å². The van der Waals surface area contributed by atoms with Crippen LogP contribution in [0.5, 0.6) is 0 Å².